The molecule has 0 saturated carbocycles. The molecule has 9 N–H and O–H groups in total. The maximum absolute atomic E-state index is 8.55. The first-order valence-electron chi connectivity index (χ1n) is 0.730. The van der Waals surface area contributed by atoms with Gasteiger partial charge in [-0.1, -0.05) is 0 Å². The van der Waals surface area contributed by atoms with Crippen molar-refractivity contribution in [1.29, 1.82) is 0 Å². The van der Waals surface area contributed by atoms with Crippen molar-refractivity contribution in [1.82, 2.24) is 18.5 Å². The zero-order valence-corrected chi connectivity index (χ0v) is 17.5. The van der Waals surface area contributed by atoms with Gasteiger partial charge in [-0.2, -0.15) is 7.82 Å². The van der Waals surface area contributed by atoms with E-state index in [-0.39, 0.29) is 261 Å². The van der Waals surface area contributed by atoms with Gasteiger partial charge in [-0.05, 0) is 0 Å². The topological polar surface area (TPSA) is 191 Å². The predicted molar refractivity (Wildman–Crippen MR) is 44.1 cm³/mol. The summed E-state index contributed by atoms with van der Waals surface area (Å²) in [4.78, 5) is 25.6. The number of hydrogen-bond acceptors (Lipinski definition) is 7. The molecule has 0 aliphatic rings. The second-order valence-electron chi connectivity index (χ2n) is 0.447. The third-order valence-corrected chi connectivity index (χ3v) is 0. The average molecular weight is 335 g/mol. The van der Waals surface area contributed by atoms with Gasteiger partial charge in [0.2, 0.25) is 0 Å². The molecular formula is H12K3N3Na3O4P. The summed E-state index contributed by atoms with van der Waals surface area (Å²) in [6.07, 6.45) is 0. The van der Waals surface area contributed by atoms with Crippen LogP contribution in [0.15, 0.2) is 0 Å². The van der Waals surface area contributed by atoms with Gasteiger partial charge in [0.25, 0.3) is 0 Å². The Hall–Kier alpha value is 7.90. The van der Waals surface area contributed by atoms with E-state index < -0.39 is 7.82 Å². The van der Waals surface area contributed by atoms with Crippen molar-refractivity contribution in [3.05, 3.63) is 0 Å². The molecule has 0 amide bonds. The Balaban J connectivity index is -0.00000000222. The SMILES string of the molecule is N.N.N.O=P([O-])([O-])[O-].[K+].[K+].[K+].[NaH].[NaH].[NaH]. The van der Waals surface area contributed by atoms with Crippen molar-refractivity contribution in [2.75, 3.05) is 0 Å². The van der Waals surface area contributed by atoms with E-state index >= 15 is 0 Å². The summed E-state index contributed by atoms with van der Waals surface area (Å²) in [6, 6.07) is 0. The van der Waals surface area contributed by atoms with Crippen LogP contribution in [0, 0.1) is 0 Å². The van der Waals surface area contributed by atoms with Gasteiger partial charge in [-0.3, -0.25) is 0 Å². The Morgan fingerprint density at radius 2 is 0.643 bits per heavy atom. The van der Waals surface area contributed by atoms with Crippen LogP contribution in [-0.2, 0) is 4.57 Å². The number of hydrogen-bond donors (Lipinski definition) is 3. The van der Waals surface area contributed by atoms with Crippen LogP contribution in [0.1, 0.15) is 0 Å². The van der Waals surface area contributed by atoms with Gasteiger partial charge in [0.1, 0.15) is 0 Å². The third-order valence-electron chi connectivity index (χ3n) is 0. The molecule has 0 aromatic heterocycles. The molecule has 0 radical (unpaired) electrons. The summed E-state index contributed by atoms with van der Waals surface area (Å²) in [7, 11) is -5.39. The van der Waals surface area contributed by atoms with Gasteiger partial charge < -0.3 is 37.7 Å². The Morgan fingerprint density at radius 3 is 0.643 bits per heavy atom. The van der Waals surface area contributed by atoms with E-state index in [0.717, 1.165) is 0 Å². The van der Waals surface area contributed by atoms with Crippen LogP contribution in [0.5, 0.6) is 0 Å². The third kappa shape index (κ3) is 114. The molecule has 0 aromatic rings. The van der Waals surface area contributed by atoms with Gasteiger partial charge in [-0.25, -0.2) is 0 Å². The van der Waals surface area contributed by atoms with Crippen LogP contribution in [0.3, 0.4) is 0 Å². The molecular weight excluding hydrogens is 323 g/mol. The molecule has 0 bridgehead atoms. The fourth-order valence-corrected chi connectivity index (χ4v) is 0. The van der Waals surface area contributed by atoms with E-state index in [1.54, 1.807) is 0 Å². The zero-order chi connectivity index (χ0) is 4.50. The molecule has 0 aliphatic heterocycles. The summed E-state index contributed by atoms with van der Waals surface area (Å²) in [6.45, 7) is 0. The van der Waals surface area contributed by atoms with E-state index in [4.69, 9.17) is 19.2 Å². The van der Waals surface area contributed by atoms with Crippen molar-refractivity contribution in [3.8, 4) is 0 Å². The molecule has 0 rings (SSSR count). The number of rotatable bonds is 0. The summed E-state index contributed by atoms with van der Waals surface area (Å²) in [5.41, 5.74) is 0. The normalized spacial score (nSPS) is 4.21. The first kappa shape index (κ1) is 67.6. The van der Waals surface area contributed by atoms with Crippen molar-refractivity contribution in [2.24, 2.45) is 0 Å². The average Bonchev–Trinajstić information content (AvgIpc) is 0.722. The Labute approximate surface area is 279 Å². The molecule has 62 valence electrons. The van der Waals surface area contributed by atoms with Crippen LogP contribution in [-0.4, -0.2) is 88.7 Å². The molecule has 0 atom stereocenters. The van der Waals surface area contributed by atoms with E-state index in [0.29, 0.717) is 0 Å². The summed E-state index contributed by atoms with van der Waals surface area (Å²) < 4.78 is 8.55. The fraction of sp³-hybridized carbons (Fsp3) is 0. The van der Waals surface area contributed by atoms with Crippen molar-refractivity contribution < 1.29 is 173 Å². The van der Waals surface area contributed by atoms with Gasteiger partial charge >= 0.3 is 243 Å². The maximum atomic E-state index is 8.55. The summed E-state index contributed by atoms with van der Waals surface area (Å²) >= 11 is 0. The zero-order valence-electron chi connectivity index (χ0n) is 7.20. The van der Waals surface area contributed by atoms with E-state index in [1.165, 1.54) is 0 Å². The molecule has 0 unspecified atom stereocenters. The molecule has 14 heteroatoms. The molecule has 0 fully saturated rings. The first-order chi connectivity index (χ1) is 2.00. The Kier molecular flexibility index (Phi) is 207. The predicted octanol–water partition coefficient (Wildman–Crippen LogP) is -13.3. The van der Waals surface area contributed by atoms with Crippen molar-refractivity contribution >= 4 is 96.5 Å². The molecule has 0 aliphatic carbocycles. The minimum atomic E-state index is -5.39. The summed E-state index contributed by atoms with van der Waals surface area (Å²) in [5.74, 6) is 0. The van der Waals surface area contributed by atoms with E-state index in [1.807, 2.05) is 0 Å². The Morgan fingerprint density at radius 1 is 0.643 bits per heavy atom. The molecule has 0 spiro atoms. The second kappa shape index (κ2) is 42.8. The van der Waals surface area contributed by atoms with Crippen LogP contribution >= 0.6 is 7.82 Å². The quantitative estimate of drug-likeness (QED) is 0.289. The Bertz CT molecular complexity index is 77.2. The van der Waals surface area contributed by atoms with Crippen LogP contribution < -0.4 is 187 Å². The standard InChI is InChI=1S/3K.3H3N.3Na.H3O4P.3H/c;;;;;;;;;1-5(2,3)4;;;/h;;;3*1H3;;;;(H3,1,2,3,4);;;/q3*+1;;;;;;;;;;/p-3. The first-order valence-corrected chi connectivity index (χ1v) is 2.19. The van der Waals surface area contributed by atoms with Crippen LogP contribution in [0.25, 0.3) is 0 Å². The van der Waals surface area contributed by atoms with Crippen molar-refractivity contribution in [3.63, 3.8) is 0 Å². The molecule has 14 heavy (non-hydrogen) atoms. The van der Waals surface area contributed by atoms with Crippen LogP contribution in [0.4, 0.5) is 0 Å². The molecule has 7 nitrogen and oxygen atoms in total. The fourth-order valence-electron chi connectivity index (χ4n) is 0. The molecule has 0 saturated heterocycles. The van der Waals surface area contributed by atoms with Crippen LogP contribution in [0.2, 0.25) is 0 Å². The molecule has 0 aromatic carbocycles. The van der Waals surface area contributed by atoms with E-state index in [2.05, 4.69) is 0 Å². The van der Waals surface area contributed by atoms with Gasteiger partial charge in [0, 0.05) is 0 Å². The minimum absolute atomic E-state index is 0. The molecule has 0 heterocycles. The van der Waals surface area contributed by atoms with E-state index in [9.17, 15) is 0 Å². The number of phosphoric acid groups is 1. The monoisotopic (exact) mass is 335 g/mol. The van der Waals surface area contributed by atoms with Gasteiger partial charge in [0.05, 0.1) is 0 Å². The van der Waals surface area contributed by atoms with Gasteiger partial charge in [-0.15, -0.1) is 0 Å². The second-order valence-corrected chi connectivity index (χ2v) is 1.34. The van der Waals surface area contributed by atoms with Crippen molar-refractivity contribution in [2.45, 2.75) is 0 Å². The van der Waals surface area contributed by atoms with Gasteiger partial charge in [0.15, 0.2) is 0 Å². The summed E-state index contributed by atoms with van der Waals surface area (Å²) in [5, 5.41) is 0.